The third-order valence-electron chi connectivity index (χ3n) is 2.21. The summed E-state index contributed by atoms with van der Waals surface area (Å²) in [6.07, 6.45) is 2.40. The Bertz CT molecular complexity index is 574. The van der Waals surface area contributed by atoms with Gasteiger partial charge in [-0.3, -0.25) is 9.48 Å². The van der Waals surface area contributed by atoms with Gasteiger partial charge in [0, 0.05) is 25.0 Å². The van der Waals surface area contributed by atoms with Crippen molar-refractivity contribution < 1.29 is 24.2 Å². The first-order chi connectivity index (χ1) is 9.35. The molecule has 0 fully saturated rings. The van der Waals surface area contributed by atoms with Gasteiger partial charge in [-0.25, -0.2) is 9.59 Å². The monoisotopic (exact) mass is 281 g/mol. The fourth-order valence-corrected chi connectivity index (χ4v) is 1.46. The van der Waals surface area contributed by atoms with Gasteiger partial charge >= 0.3 is 11.9 Å². The molecule has 1 heterocycles. The summed E-state index contributed by atoms with van der Waals surface area (Å²) >= 11 is 0. The summed E-state index contributed by atoms with van der Waals surface area (Å²) in [5.41, 5.74) is -0.195. The van der Waals surface area contributed by atoms with Gasteiger partial charge in [0.1, 0.15) is 0 Å². The van der Waals surface area contributed by atoms with Crippen molar-refractivity contribution in [1.29, 1.82) is 0 Å². The second-order valence-electron chi connectivity index (χ2n) is 3.90. The van der Waals surface area contributed by atoms with E-state index in [2.05, 4.69) is 15.2 Å². The van der Waals surface area contributed by atoms with Crippen molar-refractivity contribution in [2.75, 3.05) is 6.61 Å². The van der Waals surface area contributed by atoms with E-state index in [1.165, 1.54) is 24.9 Å². The van der Waals surface area contributed by atoms with E-state index >= 15 is 0 Å². The number of ether oxygens (including phenoxy) is 1. The first-order valence-corrected chi connectivity index (χ1v) is 5.78. The van der Waals surface area contributed by atoms with E-state index in [1.807, 2.05) is 0 Å². The molecular weight excluding hydrogens is 266 g/mol. The number of carbonyl (C=O) groups excluding carboxylic acids is 2. The normalized spacial score (nSPS) is 11.1. The van der Waals surface area contributed by atoms with Crippen molar-refractivity contribution in [3.05, 3.63) is 29.2 Å². The van der Waals surface area contributed by atoms with Crippen LogP contribution in [-0.4, -0.2) is 39.3 Å². The van der Waals surface area contributed by atoms with Gasteiger partial charge in [0.15, 0.2) is 5.69 Å². The number of hydrogen-bond acceptors (Lipinski definition) is 5. The highest BCUT2D eigenvalue weighted by molar-refractivity contribution is 6.04. The maximum atomic E-state index is 11.9. The Hall–Kier alpha value is -2.64. The zero-order valence-corrected chi connectivity index (χ0v) is 11.3. The fourth-order valence-electron chi connectivity index (χ4n) is 1.46. The lowest BCUT2D eigenvalue weighted by Gasteiger charge is -2.04. The van der Waals surface area contributed by atoms with E-state index in [-0.39, 0.29) is 23.6 Å². The molecule has 8 nitrogen and oxygen atoms in total. The number of aryl methyl sites for hydroxylation is 1. The number of amides is 1. The number of carboxylic acid groups (broad SMARTS) is 1. The van der Waals surface area contributed by atoms with Crippen LogP contribution < -0.4 is 5.32 Å². The lowest BCUT2D eigenvalue weighted by molar-refractivity contribution is -0.137. The summed E-state index contributed by atoms with van der Waals surface area (Å²) in [4.78, 5) is 34.0. The van der Waals surface area contributed by atoms with E-state index in [0.717, 1.165) is 6.08 Å². The molecule has 1 aromatic rings. The van der Waals surface area contributed by atoms with E-state index in [1.54, 1.807) is 6.92 Å². The minimum Gasteiger partial charge on any atom is -0.476 e. The maximum Gasteiger partial charge on any atom is 0.357 e. The largest absolute Gasteiger partial charge is 0.476 e. The van der Waals surface area contributed by atoms with Gasteiger partial charge in [0.25, 0.3) is 5.91 Å². The van der Waals surface area contributed by atoms with Crippen LogP contribution >= 0.6 is 0 Å². The summed E-state index contributed by atoms with van der Waals surface area (Å²) < 4.78 is 5.91. The Kier molecular flexibility index (Phi) is 5.01. The highest BCUT2D eigenvalue weighted by Gasteiger charge is 2.21. The highest BCUT2D eigenvalue weighted by Crippen LogP contribution is 2.07. The minimum absolute atomic E-state index is 0.0865. The van der Waals surface area contributed by atoms with Crippen molar-refractivity contribution in [3.63, 3.8) is 0 Å². The van der Waals surface area contributed by atoms with Crippen molar-refractivity contribution in [2.45, 2.75) is 13.8 Å². The standard InChI is InChI=1S/C12H15N3O5/c1-4-20-9(16)5-7(2)13-11(17)8-6-15(3)14-10(8)12(18)19/h5-6H,4H2,1-3H3,(H,13,17)(H,18,19)/b7-5+. The number of hydrogen-bond donors (Lipinski definition) is 2. The molecule has 108 valence electrons. The Labute approximate surface area is 115 Å². The van der Waals surface area contributed by atoms with Crippen molar-refractivity contribution >= 4 is 17.8 Å². The van der Waals surface area contributed by atoms with Gasteiger partial charge in [-0.15, -0.1) is 0 Å². The number of nitrogens with one attached hydrogen (secondary N) is 1. The number of aromatic carboxylic acids is 1. The molecule has 0 radical (unpaired) electrons. The molecule has 0 atom stereocenters. The summed E-state index contributed by atoms with van der Waals surface area (Å²) in [6.45, 7) is 3.38. The van der Waals surface area contributed by atoms with Crippen LogP contribution in [0.2, 0.25) is 0 Å². The molecule has 0 spiro atoms. The van der Waals surface area contributed by atoms with Crippen molar-refractivity contribution in [1.82, 2.24) is 15.1 Å². The van der Waals surface area contributed by atoms with Gasteiger partial charge in [-0.05, 0) is 13.8 Å². The molecule has 0 aliphatic carbocycles. The minimum atomic E-state index is -1.30. The molecule has 2 N–H and O–H groups in total. The summed E-state index contributed by atoms with van der Waals surface area (Å²) in [5, 5.41) is 15.0. The first kappa shape index (κ1) is 15.4. The smallest absolute Gasteiger partial charge is 0.357 e. The molecule has 1 rings (SSSR count). The van der Waals surface area contributed by atoms with E-state index in [9.17, 15) is 14.4 Å². The van der Waals surface area contributed by atoms with Crippen LogP contribution in [0.25, 0.3) is 0 Å². The second kappa shape index (κ2) is 6.50. The Morgan fingerprint density at radius 1 is 1.50 bits per heavy atom. The SMILES string of the molecule is CCOC(=O)/C=C(\C)NC(=O)c1cn(C)nc1C(=O)O. The summed E-state index contributed by atoms with van der Waals surface area (Å²) in [6, 6.07) is 0. The Morgan fingerprint density at radius 2 is 2.15 bits per heavy atom. The Balaban J connectivity index is 2.86. The van der Waals surface area contributed by atoms with E-state index in [4.69, 9.17) is 5.11 Å². The van der Waals surface area contributed by atoms with Crippen LogP contribution in [-0.2, 0) is 16.6 Å². The lowest BCUT2D eigenvalue weighted by atomic mass is 10.2. The molecule has 0 bridgehead atoms. The van der Waals surface area contributed by atoms with Crippen LogP contribution in [0, 0.1) is 0 Å². The zero-order chi connectivity index (χ0) is 15.3. The molecule has 20 heavy (non-hydrogen) atoms. The van der Waals surface area contributed by atoms with E-state index in [0.29, 0.717) is 0 Å². The molecule has 0 aliphatic rings. The molecule has 0 unspecified atom stereocenters. The number of aromatic nitrogens is 2. The predicted octanol–water partition coefficient (Wildman–Crippen LogP) is 0.315. The number of carboxylic acids is 1. The average molecular weight is 281 g/mol. The van der Waals surface area contributed by atoms with Crippen molar-refractivity contribution in [2.24, 2.45) is 7.05 Å². The number of rotatable bonds is 5. The van der Waals surface area contributed by atoms with Crippen LogP contribution in [0.15, 0.2) is 18.0 Å². The fraction of sp³-hybridized carbons (Fsp3) is 0.333. The van der Waals surface area contributed by atoms with E-state index < -0.39 is 17.8 Å². The van der Waals surface area contributed by atoms with Gasteiger partial charge in [-0.1, -0.05) is 0 Å². The van der Waals surface area contributed by atoms with Gasteiger partial charge in [0.2, 0.25) is 0 Å². The molecule has 0 saturated carbocycles. The third kappa shape index (κ3) is 3.94. The van der Waals surface area contributed by atoms with Crippen molar-refractivity contribution in [3.8, 4) is 0 Å². The number of allylic oxidation sites excluding steroid dienone is 1. The molecule has 8 heteroatoms. The molecule has 0 aliphatic heterocycles. The first-order valence-electron chi connectivity index (χ1n) is 5.78. The number of nitrogens with zero attached hydrogens (tertiary/aromatic N) is 2. The van der Waals surface area contributed by atoms with Gasteiger partial charge in [-0.2, -0.15) is 5.10 Å². The summed E-state index contributed by atoms with van der Waals surface area (Å²) in [5.74, 6) is -2.55. The zero-order valence-electron chi connectivity index (χ0n) is 11.3. The quantitative estimate of drug-likeness (QED) is 0.594. The molecular formula is C12H15N3O5. The molecule has 0 saturated heterocycles. The topological polar surface area (TPSA) is 111 Å². The second-order valence-corrected chi connectivity index (χ2v) is 3.90. The van der Waals surface area contributed by atoms with Crippen LogP contribution in [0.1, 0.15) is 34.7 Å². The molecule has 1 aromatic heterocycles. The van der Waals surface area contributed by atoms with Crippen LogP contribution in [0.3, 0.4) is 0 Å². The molecule has 1 amide bonds. The average Bonchev–Trinajstić information content (AvgIpc) is 2.71. The van der Waals surface area contributed by atoms with Gasteiger partial charge < -0.3 is 15.2 Å². The number of esters is 1. The van der Waals surface area contributed by atoms with Crippen LogP contribution in [0.5, 0.6) is 0 Å². The third-order valence-corrected chi connectivity index (χ3v) is 2.21. The molecule has 0 aromatic carbocycles. The Morgan fingerprint density at radius 3 is 2.70 bits per heavy atom. The summed E-state index contributed by atoms with van der Waals surface area (Å²) in [7, 11) is 1.50. The predicted molar refractivity (Wildman–Crippen MR) is 68.0 cm³/mol. The van der Waals surface area contributed by atoms with Crippen LogP contribution in [0.4, 0.5) is 0 Å². The highest BCUT2D eigenvalue weighted by atomic mass is 16.5. The maximum absolute atomic E-state index is 11.9. The lowest BCUT2D eigenvalue weighted by Crippen LogP contribution is -2.23. The van der Waals surface area contributed by atoms with Gasteiger partial charge in [0.05, 0.1) is 12.2 Å². The number of carbonyl (C=O) groups is 3.